The molecule has 0 spiro atoms. The van der Waals surface area contributed by atoms with Gasteiger partial charge in [0.1, 0.15) is 19.1 Å². The zero-order valence-corrected chi connectivity index (χ0v) is 16.9. The molecule has 164 valence electrons. The van der Waals surface area contributed by atoms with Crippen molar-refractivity contribution in [1.82, 2.24) is 9.13 Å². The molecule has 4 N–H and O–H groups in total. The second-order valence-electron chi connectivity index (χ2n) is 6.90. The highest BCUT2D eigenvalue weighted by molar-refractivity contribution is 5.29. The van der Waals surface area contributed by atoms with Crippen LogP contribution in [0.2, 0.25) is 0 Å². The van der Waals surface area contributed by atoms with E-state index in [0.717, 1.165) is 20.8 Å². The van der Waals surface area contributed by atoms with Gasteiger partial charge in [-0.15, -0.1) is 0 Å². The Morgan fingerprint density at radius 1 is 0.968 bits per heavy atom. The highest BCUT2D eigenvalue weighted by atomic mass is 16.5. The second-order valence-corrected chi connectivity index (χ2v) is 6.90. The van der Waals surface area contributed by atoms with Crippen molar-refractivity contribution in [3.8, 4) is 11.6 Å². The van der Waals surface area contributed by atoms with Crippen LogP contribution in [0.5, 0.6) is 11.6 Å². The summed E-state index contributed by atoms with van der Waals surface area (Å²) in [6, 6.07) is 17.8. The molecule has 3 aromatic rings. The Labute approximate surface area is 178 Å². The Kier molecular flexibility index (Phi) is 7.60. The van der Waals surface area contributed by atoms with Gasteiger partial charge in [-0.05, 0) is 23.3 Å². The van der Waals surface area contributed by atoms with Gasteiger partial charge in [0.15, 0.2) is 0 Å². The van der Waals surface area contributed by atoms with Crippen LogP contribution in [0.15, 0.2) is 70.3 Å². The number of aliphatic hydroxyl groups excluding tert-OH is 1. The van der Waals surface area contributed by atoms with Gasteiger partial charge in [0.2, 0.25) is 5.88 Å². The highest BCUT2D eigenvalue weighted by Crippen LogP contribution is 2.17. The van der Waals surface area contributed by atoms with Gasteiger partial charge in [-0.3, -0.25) is 9.36 Å². The molecule has 1 aromatic heterocycles. The van der Waals surface area contributed by atoms with E-state index in [4.69, 9.17) is 20.3 Å². The number of ether oxygens (including phenoxy) is 2. The molecule has 9 heteroatoms. The maximum Gasteiger partial charge on any atom is 0.336 e. The Hall–Kier alpha value is -3.40. The maximum atomic E-state index is 12.8. The van der Waals surface area contributed by atoms with Crippen molar-refractivity contribution in [3.63, 3.8) is 0 Å². The fraction of sp³-hybridized carbons (Fsp3) is 0.273. The number of hydrogen-bond donors (Lipinski definition) is 3. The average molecular weight is 427 g/mol. The van der Waals surface area contributed by atoms with E-state index in [2.05, 4.69) is 0 Å². The fourth-order valence-electron chi connectivity index (χ4n) is 2.90. The summed E-state index contributed by atoms with van der Waals surface area (Å²) in [5, 5.41) is 19.3. The molecule has 0 saturated carbocycles. The van der Waals surface area contributed by atoms with Crippen LogP contribution in [-0.2, 0) is 24.6 Å². The lowest BCUT2D eigenvalue weighted by atomic mass is 10.2. The number of aliphatic hydroxyl groups is 1. The van der Waals surface area contributed by atoms with Crippen LogP contribution < -0.4 is 21.7 Å². The van der Waals surface area contributed by atoms with Crippen molar-refractivity contribution in [2.75, 3.05) is 13.2 Å². The third-order valence-corrected chi connectivity index (χ3v) is 4.65. The van der Waals surface area contributed by atoms with Crippen LogP contribution in [0, 0.1) is 0 Å². The standard InChI is InChI=1S/C22H25N3O6/c23-11-19(13-26)31-15-25-21(28)10-20(27)24(22(25)29)12-17-7-4-8-18(9-17)30-14-16-5-2-1-3-6-16/h1-10,19,26-27H,11-15,23H2. The molecular weight excluding hydrogens is 402 g/mol. The Balaban J connectivity index is 1.78. The van der Waals surface area contributed by atoms with E-state index < -0.39 is 23.2 Å². The van der Waals surface area contributed by atoms with E-state index in [1.54, 1.807) is 24.3 Å². The predicted molar refractivity (Wildman–Crippen MR) is 114 cm³/mol. The molecule has 0 aliphatic rings. The van der Waals surface area contributed by atoms with Crippen molar-refractivity contribution in [3.05, 3.63) is 92.6 Å². The van der Waals surface area contributed by atoms with Gasteiger partial charge in [0, 0.05) is 6.54 Å². The summed E-state index contributed by atoms with van der Waals surface area (Å²) in [6.07, 6.45) is -0.702. The third-order valence-electron chi connectivity index (χ3n) is 4.65. The predicted octanol–water partition coefficient (Wildman–Crippen LogP) is 0.637. The van der Waals surface area contributed by atoms with E-state index >= 15 is 0 Å². The SMILES string of the molecule is NCC(CO)OCn1c(=O)cc(O)n(Cc2cccc(OCc3ccccc3)c2)c1=O. The first kappa shape index (κ1) is 22.3. The van der Waals surface area contributed by atoms with Gasteiger partial charge in [-0.1, -0.05) is 42.5 Å². The van der Waals surface area contributed by atoms with Crippen molar-refractivity contribution >= 4 is 0 Å². The molecule has 0 aliphatic carbocycles. The summed E-state index contributed by atoms with van der Waals surface area (Å²) in [5.41, 5.74) is 5.71. The normalized spacial score (nSPS) is 11.9. The first-order chi connectivity index (χ1) is 15.0. The minimum Gasteiger partial charge on any atom is -0.494 e. The first-order valence-electron chi connectivity index (χ1n) is 9.73. The second kappa shape index (κ2) is 10.6. The van der Waals surface area contributed by atoms with Crippen molar-refractivity contribution < 1.29 is 19.7 Å². The van der Waals surface area contributed by atoms with Crippen LogP contribution >= 0.6 is 0 Å². The molecule has 0 radical (unpaired) electrons. The van der Waals surface area contributed by atoms with Crippen LogP contribution in [0.3, 0.4) is 0 Å². The largest absolute Gasteiger partial charge is 0.494 e. The molecule has 0 saturated heterocycles. The van der Waals surface area contributed by atoms with Gasteiger partial charge >= 0.3 is 5.69 Å². The van der Waals surface area contributed by atoms with Crippen molar-refractivity contribution in [2.45, 2.75) is 26.0 Å². The van der Waals surface area contributed by atoms with Gasteiger partial charge in [-0.25, -0.2) is 9.36 Å². The molecule has 0 fully saturated rings. The van der Waals surface area contributed by atoms with E-state index in [9.17, 15) is 14.7 Å². The lowest BCUT2D eigenvalue weighted by molar-refractivity contribution is -0.0217. The zero-order valence-electron chi connectivity index (χ0n) is 16.9. The summed E-state index contributed by atoms with van der Waals surface area (Å²) in [5.74, 6) is 0.152. The summed E-state index contributed by atoms with van der Waals surface area (Å²) >= 11 is 0. The number of rotatable bonds is 10. The van der Waals surface area contributed by atoms with Crippen LogP contribution in [0.1, 0.15) is 11.1 Å². The summed E-state index contributed by atoms with van der Waals surface area (Å²) in [4.78, 5) is 24.9. The topological polar surface area (TPSA) is 129 Å². The highest BCUT2D eigenvalue weighted by Gasteiger charge is 2.14. The van der Waals surface area contributed by atoms with E-state index in [-0.39, 0.29) is 26.4 Å². The molecule has 1 heterocycles. The molecule has 1 atom stereocenters. The van der Waals surface area contributed by atoms with Crippen molar-refractivity contribution in [1.29, 1.82) is 0 Å². The number of hydrogen-bond acceptors (Lipinski definition) is 7. The van der Waals surface area contributed by atoms with Crippen LogP contribution in [0.25, 0.3) is 0 Å². The smallest absolute Gasteiger partial charge is 0.336 e. The minimum absolute atomic E-state index is 0.0216. The van der Waals surface area contributed by atoms with Gasteiger partial charge in [-0.2, -0.15) is 0 Å². The molecule has 0 bridgehead atoms. The summed E-state index contributed by atoms with van der Waals surface area (Å²) in [7, 11) is 0. The number of aromatic nitrogens is 2. The van der Waals surface area contributed by atoms with E-state index in [1.807, 2.05) is 30.3 Å². The fourth-order valence-corrected chi connectivity index (χ4v) is 2.90. The molecule has 31 heavy (non-hydrogen) atoms. The number of nitrogens with two attached hydrogens (primary N) is 1. The van der Waals surface area contributed by atoms with Crippen LogP contribution in [0.4, 0.5) is 0 Å². The molecule has 9 nitrogen and oxygen atoms in total. The van der Waals surface area contributed by atoms with Gasteiger partial charge in [0.05, 0.1) is 25.3 Å². The molecular formula is C22H25N3O6. The molecule has 0 amide bonds. The number of nitrogens with zero attached hydrogens (tertiary/aromatic N) is 2. The lowest BCUT2D eigenvalue weighted by Crippen LogP contribution is -2.41. The van der Waals surface area contributed by atoms with E-state index in [1.165, 1.54) is 0 Å². The Morgan fingerprint density at radius 2 is 1.71 bits per heavy atom. The Morgan fingerprint density at radius 3 is 2.42 bits per heavy atom. The first-order valence-corrected chi connectivity index (χ1v) is 9.73. The average Bonchev–Trinajstić information content (AvgIpc) is 2.78. The maximum absolute atomic E-state index is 12.8. The number of aromatic hydroxyl groups is 1. The zero-order chi connectivity index (χ0) is 22.2. The van der Waals surface area contributed by atoms with Crippen LogP contribution in [-0.4, -0.2) is 38.6 Å². The van der Waals surface area contributed by atoms with Gasteiger partial charge in [0.25, 0.3) is 5.56 Å². The quantitative estimate of drug-likeness (QED) is 0.433. The molecule has 2 aromatic carbocycles. The third kappa shape index (κ3) is 5.82. The van der Waals surface area contributed by atoms with E-state index in [0.29, 0.717) is 17.9 Å². The van der Waals surface area contributed by atoms with Crippen molar-refractivity contribution in [2.24, 2.45) is 5.73 Å². The Bertz CT molecular complexity index is 1110. The summed E-state index contributed by atoms with van der Waals surface area (Å²) in [6.45, 7) is -0.278. The molecule has 0 aliphatic heterocycles. The molecule has 1 unspecified atom stereocenters. The minimum atomic E-state index is -0.741. The summed E-state index contributed by atoms with van der Waals surface area (Å²) < 4.78 is 13.0. The monoisotopic (exact) mass is 427 g/mol. The van der Waals surface area contributed by atoms with Gasteiger partial charge < -0.3 is 25.4 Å². The molecule has 3 rings (SSSR count). The lowest BCUT2D eigenvalue weighted by Gasteiger charge is -2.16. The number of benzene rings is 2.